The van der Waals surface area contributed by atoms with Crippen LogP contribution in [0.5, 0.6) is 5.75 Å². The average molecular weight is 457 g/mol. The number of aliphatic hydroxyl groups is 1. The lowest BCUT2D eigenvalue weighted by Crippen LogP contribution is -2.44. The maximum absolute atomic E-state index is 14.8. The summed E-state index contributed by atoms with van der Waals surface area (Å²) >= 11 is 0. The lowest BCUT2D eigenvalue weighted by Gasteiger charge is -2.29. The lowest BCUT2D eigenvalue weighted by molar-refractivity contribution is -0.191. The van der Waals surface area contributed by atoms with Gasteiger partial charge in [0, 0.05) is 7.11 Å². The Morgan fingerprint density at radius 2 is 2.00 bits per heavy atom. The van der Waals surface area contributed by atoms with Crippen molar-refractivity contribution in [1.29, 1.82) is 0 Å². The highest BCUT2D eigenvalue weighted by atomic mass is 31.2. The number of ether oxygens (including phenoxy) is 2. The summed E-state index contributed by atoms with van der Waals surface area (Å²) in [6, 6.07) is 6.94. The van der Waals surface area contributed by atoms with Crippen LogP contribution >= 0.6 is 7.75 Å². The van der Waals surface area contributed by atoms with E-state index in [0.29, 0.717) is 0 Å². The molecule has 2 unspecified atom stereocenters. The number of esters is 1. The molecule has 0 aromatic heterocycles. The maximum atomic E-state index is 14.8. The highest BCUT2D eigenvalue weighted by molar-refractivity contribution is 7.52. The number of para-hydroxylation sites is 1. The first-order valence-corrected chi connectivity index (χ1v) is 11.6. The third-order valence-electron chi connectivity index (χ3n) is 4.85. The first-order chi connectivity index (χ1) is 14.7. The number of hydrogen-bond acceptors (Lipinski definition) is 7. The molecule has 172 valence electrons. The third kappa shape index (κ3) is 7.60. The molecule has 1 aliphatic carbocycles. The molecule has 10 heteroatoms. The van der Waals surface area contributed by atoms with Gasteiger partial charge in [0.05, 0.1) is 0 Å². The minimum absolute atomic E-state index is 0.158. The second kappa shape index (κ2) is 11.6. The van der Waals surface area contributed by atoms with Gasteiger partial charge in [0.2, 0.25) is 0 Å². The Morgan fingerprint density at radius 3 is 2.58 bits per heavy atom. The monoisotopic (exact) mass is 457 g/mol. The molecular weight excluding hydrogens is 428 g/mol. The standard InChI is InChI=1S/C21H29FNO7P/c1-4-19(24)21(22,27-3)15-28-31(26,30-18-13-9-6-10-14-18)23-16(2)20(25)29-17-11-7-5-8-12-17/h1,6,9-10,13-14,16-17,19,24H,5,7-8,11-12,15H2,2-3H3,(H,23,26)/t16?,19-,21+,31?/m0/s1. The first kappa shape index (κ1) is 25.3. The van der Waals surface area contributed by atoms with Crippen molar-refractivity contribution in [3.8, 4) is 18.1 Å². The average Bonchev–Trinajstić information content (AvgIpc) is 2.78. The Labute approximate surface area is 182 Å². The van der Waals surface area contributed by atoms with E-state index in [1.165, 1.54) is 19.1 Å². The minimum atomic E-state index is -4.31. The van der Waals surface area contributed by atoms with Crippen LogP contribution in [0.2, 0.25) is 0 Å². The number of aliphatic hydroxyl groups excluding tert-OH is 1. The van der Waals surface area contributed by atoms with Crippen molar-refractivity contribution in [3.05, 3.63) is 30.3 Å². The largest absolute Gasteiger partial charge is 0.461 e. The second-order valence-corrected chi connectivity index (χ2v) is 8.98. The van der Waals surface area contributed by atoms with Gasteiger partial charge in [-0.3, -0.25) is 9.32 Å². The zero-order valence-electron chi connectivity index (χ0n) is 17.7. The van der Waals surface area contributed by atoms with Gasteiger partial charge in [-0.25, -0.2) is 8.96 Å². The molecule has 0 radical (unpaired) electrons. The summed E-state index contributed by atoms with van der Waals surface area (Å²) in [4.78, 5) is 12.5. The molecule has 2 N–H and O–H groups in total. The van der Waals surface area contributed by atoms with E-state index < -0.39 is 38.3 Å². The molecule has 31 heavy (non-hydrogen) atoms. The van der Waals surface area contributed by atoms with E-state index in [1.54, 1.807) is 24.1 Å². The number of hydrogen-bond donors (Lipinski definition) is 2. The summed E-state index contributed by atoms with van der Waals surface area (Å²) in [5.41, 5.74) is 0. The van der Waals surface area contributed by atoms with Crippen molar-refractivity contribution in [2.75, 3.05) is 13.7 Å². The SMILES string of the molecule is C#C[C@H](O)[C@@](F)(COP(=O)(NC(C)C(=O)OC1CCCCC1)Oc1ccccc1)OC. The van der Waals surface area contributed by atoms with E-state index in [9.17, 15) is 18.9 Å². The van der Waals surface area contributed by atoms with Crippen LogP contribution in [-0.2, 0) is 23.4 Å². The molecule has 0 bridgehead atoms. The predicted molar refractivity (Wildman–Crippen MR) is 112 cm³/mol. The molecule has 0 heterocycles. The van der Waals surface area contributed by atoms with E-state index in [0.717, 1.165) is 39.2 Å². The number of alkyl halides is 1. The van der Waals surface area contributed by atoms with Gasteiger partial charge < -0.3 is 19.1 Å². The molecule has 0 amide bonds. The summed E-state index contributed by atoms with van der Waals surface area (Å²) in [7, 11) is -3.34. The molecule has 1 aromatic carbocycles. The fourth-order valence-corrected chi connectivity index (χ4v) is 4.50. The Hall–Kier alpha value is -1.95. The molecule has 4 atom stereocenters. The molecule has 1 saturated carbocycles. The molecule has 0 saturated heterocycles. The summed E-state index contributed by atoms with van der Waals surface area (Å²) in [5, 5.41) is 12.1. The van der Waals surface area contributed by atoms with Gasteiger partial charge in [0.25, 0.3) is 5.85 Å². The number of nitrogens with one attached hydrogen (secondary N) is 1. The van der Waals surface area contributed by atoms with Gasteiger partial charge in [-0.15, -0.1) is 6.42 Å². The van der Waals surface area contributed by atoms with Crippen molar-refractivity contribution in [1.82, 2.24) is 5.09 Å². The summed E-state index contributed by atoms with van der Waals surface area (Å²) in [6.45, 7) is 0.418. The Kier molecular flexibility index (Phi) is 9.48. The number of rotatable bonds is 11. The number of benzene rings is 1. The van der Waals surface area contributed by atoms with Gasteiger partial charge in [0.15, 0.2) is 6.10 Å². The maximum Gasteiger partial charge on any atom is 0.459 e. The van der Waals surface area contributed by atoms with Gasteiger partial charge in [-0.1, -0.05) is 30.5 Å². The van der Waals surface area contributed by atoms with Gasteiger partial charge >= 0.3 is 13.7 Å². The molecule has 1 fully saturated rings. The summed E-state index contributed by atoms with van der Waals surface area (Å²) in [6.07, 6.45) is 7.48. The number of terminal acetylenes is 1. The second-order valence-electron chi connectivity index (χ2n) is 7.28. The third-order valence-corrected chi connectivity index (χ3v) is 6.47. The quantitative estimate of drug-likeness (QED) is 0.296. The topological polar surface area (TPSA) is 103 Å². The molecule has 1 aromatic rings. The van der Waals surface area contributed by atoms with E-state index in [2.05, 4.69) is 9.82 Å². The van der Waals surface area contributed by atoms with Crippen molar-refractivity contribution in [3.63, 3.8) is 0 Å². The first-order valence-electron chi connectivity index (χ1n) is 10.1. The summed E-state index contributed by atoms with van der Waals surface area (Å²) in [5.74, 6) is -1.51. The van der Waals surface area contributed by atoms with Gasteiger partial charge in [-0.2, -0.15) is 5.09 Å². The van der Waals surface area contributed by atoms with Crippen LogP contribution < -0.4 is 9.61 Å². The Bertz CT molecular complexity index is 797. The number of carbonyl (C=O) groups is 1. The van der Waals surface area contributed by atoms with E-state index in [4.69, 9.17) is 20.2 Å². The minimum Gasteiger partial charge on any atom is -0.461 e. The van der Waals surface area contributed by atoms with Crippen LogP contribution in [0.1, 0.15) is 39.0 Å². The number of halogens is 1. The smallest absolute Gasteiger partial charge is 0.459 e. The fraction of sp³-hybridized carbons (Fsp3) is 0.571. The van der Waals surface area contributed by atoms with E-state index in [-0.39, 0.29) is 11.9 Å². The molecule has 1 aliphatic rings. The van der Waals surface area contributed by atoms with Gasteiger partial charge in [-0.05, 0) is 44.7 Å². The van der Waals surface area contributed by atoms with Crippen LogP contribution in [0, 0.1) is 12.3 Å². The van der Waals surface area contributed by atoms with Crippen LogP contribution in [0.3, 0.4) is 0 Å². The zero-order chi connectivity index (χ0) is 22.9. The van der Waals surface area contributed by atoms with Crippen LogP contribution in [-0.4, -0.2) is 48.9 Å². The highest BCUT2D eigenvalue weighted by Gasteiger charge is 2.43. The normalized spacial score (nSPS) is 20.5. The molecule has 0 aliphatic heterocycles. The molecule has 8 nitrogen and oxygen atoms in total. The van der Waals surface area contributed by atoms with Crippen molar-refractivity contribution in [2.45, 2.75) is 63.1 Å². The summed E-state index contributed by atoms with van der Waals surface area (Å²) < 4.78 is 48.8. The van der Waals surface area contributed by atoms with Crippen LogP contribution in [0.15, 0.2) is 30.3 Å². The van der Waals surface area contributed by atoms with Crippen LogP contribution in [0.4, 0.5) is 4.39 Å². The molecule has 2 rings (SSSR count). The van der Waals surface area contributed by atoms with Crippen LogP contribution in [0.25, 0.3) is 0 Å². The van der Waals surface area contributed by atoms with Crippen molar-refractivity contribution in [2.24, 2.45) is 0 Å². The predicted octanol–water partition coefficient (Wildman–Crippen LogP) is 3.35. The van der Waals surface area contributed by atoms with Gasteiger partial charge in [0.1, 0.15) is 24.5 Å². The van der Waals surface area contributed by atoms with Crippen molar-refractivity contribution < 1.29 is 37.4 Å². The van der Waals surface area contributed by atoms with E-state index in [1.807, 2.05) is 0 Å². The number of methoxy groups -OCH3 is 1. The Morgan fingerprint density at radius 1 is 1.35 bits per heavy atom. The van der Waals surface area contributed by atoms with E-state index >= 15 is 0 Å². The Balaban J connectivity index is 2.12. The highest BCUT2D eigenvalue weighted by Crippen LogP contribution is 2.46. The zero-order valence-corrected chi connectivity index (χ0v) is 18.6. The lowest BCUT2D eigenvalue weighted by atomic mass is 9.98. The molecular formula is C21H29FNO7P. The van der Waals surface area contributed by atoms with Crippen molar-refractivity contribution >= 4 is 13.7 Å². The molecule has 0 spiro atoms. The number of carbonyl (C=O) groups excluding carboxylic acids is 1. The fourth-order valence-electron chi connectivity index (χ4n) is 3.00.